The molecule has 1 heterocycles. The molecule has 0 aliphatic heterocycles. The number of ether oxygens (including phenoxy) is 2. The van der Waals surface area contributed by atoms with Gasteiger partial charge in [-0.2, -0.15) is 0 Å². The molecule has 0 aliphatic carbocycles. The molecule has 1 aromatic heterocycles. The minimum Gasteiger partial charge on any atom is -0.489 e. The first kappa shape index (κ1) is 12.4. The number of pyridine rings is 1. The van der Waals surface area contributed by atoms with Crippen molar-refractivity contribution in [2.24, 2.45) is 5.73 Å². The minimum absolute atomic E-state index is 0.0925. The van der Waals surface area contributed by atoms with Gasteiger partial charge < -0.3 is 15.2 Å². The zero-order chi connectivity index (χ0) is 11.8. The summed E-state index contributed by atoms with van der Waals surface area (Å²) >= 11 is 0. The number of rotatable bonds is 7. The first-order chi connectivity index (χ1) is 7.75. The lowest BCUT2D eigenvalue weighted by molar-refractivity contribution is 0.100. The Bertz CT molecular complexity index is 342. The molecule has 5 nitrogen and oxygen atoms in total. The number of nitrogens with two attached hydrogens (primary N) is 1. The summed E-state index contributed by atoms with van der Waals surface area (Å²) in [5, 5.41) is 7.33. The molecule has 0 amide bonds. The Balaban J connectivity index is 2.44. The van der Waals surface area contributed by atoms with Gasteiger partial charge in [-0.15, -0.1) is 0 Å². The van der Waals surface area contributed by atoms with E-state index in [0.29, 0.717) is 24.7 Å². The molecule has 0 aromatic carbocycles. The van der Waals surface area contributed by atoms with Crippen molar-refractivity contribution in [1.82, 2.24) is 4.98 Å². The Morgan fingerprint density at radius 3 is 2.94 bits per heavy atom. The molecular weight excluding hydrogens is 206 g/mol. The summed E-state index contributed by atoms with van der Waals surface area (Å²) in [4.78, 5) is 3.98. The summed E-state index contributed by atoms with van der Waals surface area (Å²) in [6.07, 6.45) is 2.57. The summed E-state index contributed by atoms with van der Waals surface area (Å²) < 4.78 is 10.7. The highest BCUT2D eigenvalue weighted by atomic mass is 16.5. The van der Waals surface area contributed by atoms with E-state index in [1.165, 1.54) is 0 Å². The second-order valence-corrected chi connectivity index (χ2v) is 3.22. The van der Waals surface area contributed by atoms with Gasteiger partial charge in [0.25, 0.3) is 0 Å². The fourth-order valence-electron chi connectivity index (χ4n) is 1.17. The minimum atomic E-state index is -0.0925. The Morgan fingerprint density at radius 1 is 1.44 bits per heavy atom. The second kappa shape index (κ2) is 6.79. The summed E-state index contributed by atoms with van der Waals surface area (Å²) in [6, 6.07) is 3.48. The third-order valence-corrected chi connectivity index (χ3v) is 1.86. The fourth-order valence-corrected chi connectivity index (χ4v) is 1.17. The molecule has 0 saturated carbocycles. The second-order valence-electron chi connectivity index (χ2n) is 3.22. The molecule has 1 aromatic rings. The van der Waals surface area contributed by atoms with Gasteiger partial charge in [0.2, 0.25) is 0 Å². The molecule has 1 rings (SSSR count). The van der Waals surface area contributed by atoms with E-state index in [1.807, 2.05) is 0 Å². The van der Waals surface area contributed by atoms with E-state index in [-0.39, 0.29) is 5.84 Å². The third kappa shape index (κ3) is 3.86. The van der Waals surface area contributed by atoms with Gasteiger partial charge in [-0.3, -0.25) is 5.41 Å². The van der Waals surface area contributed by atoms with E-state index >= 15 is 0 Å². The van der Waals surface area contributed by atoms with Crippen molar-refractivity contribution in [3.63, 3.8) is 0 Å². The molecule has 0 radical (unpaired) electrons. The lowest BCUT2D eigenvalue weighted by Crippen LogP contribution is -2.16. The van der Waals surface area contributed by atoms with E-state index in [9.17, 15) is 0 Å². The molecule has 0 fully saturated rings. The molecule has 16 heavy (non-hydrogen) atoms. The highest BCUT2D eigenvalue weighted by molar-refractivity contribution is 5.95. The predicted octanol–water partition coefficient (Wildman–Crippen LogP) is 1.17. The molecule has 88 valence electrons. The average Bonchev–Trinajstić information content (AvgIpc) is 2.29. The lowest BCUT2D eigenvalue weighted by atomic mass is 10.3. The Kier molecular flexibility index (Phi) is 5.28. The van der Waals surface area contributed by atoms with Crippen molar-refractivity contribution in [2.45, 2.75) is 13.3 Å². The van der Waals surface area contributed by atoms with Crippen LogP contribution in [0.1, 0.15) is 19.0 Å². The summed E-state index contributed by atoms with van der Waals surface area (Å²) in [6.45, 7) is 3.75. The van der Waals surface area contributed by atoms with Gasteiger partial charge in [0, 0.05) is 12.8 Å². The van der Waals surface area contributed by atoms with Crippen molar-refractivity contribution in [3.8, 4) is 5.75 Å². The molecule has 0 atom stereocenters. The third-order valence-electron chi connectivity index (χ3n) is 1.86. The largest absolute Gasteiger partial charge is 0.489 e. The van der Waals surface area contributed by atoms with Crippen molar-refractivity contribution in [2.75, 3.05) is 19.8 Å². The van der Waals surface area contributed by atoms with Crippen LogP contribution in [0.25, 0.3) is 0 Å². The normalized spacial score (nSPS) is 10.1. The van der Waals surface area contributed by atoms with Gasteiger partial charge in [0.15, 0.2) is 0 Å². The van der Waals surface area contributed by atoms with Crippen LogP contribution >= 0.6 is 0 Å². The maximum Gasteiger partial charge on any atom is 0.148 e. The molecule has 0 unspecified atom stereocenters. The van der Waals surface area contributed by atoms with Crippen molar-refractivity contribution in [1.29, 1.82) is 5.41 Å². The first-order valence-corrected chi connectivity index (χ1v) is 5.25. The van der Waals surface area contributed by atoms with Gasteiger partial charge in [-0.1, -0.05) is 6.92 Å². The molecule has 5 heteroatoms. The average molecular weight is 223 g/mol. The maximum absolute atomic E-state index is 7.33. The van der Waals surface area contributed by atoms with E-state index < -0.39 is 0 Å². The summed E-state index contributed by atoms with van der Waals surface area (Å²) in [7, 11) is 0. The smallest absolute Gasteiger partial charge is 0.148 e. The van der Waals surface area contributed by atoms with Crippen LogP contribution in [-0.2, 0) is 4.74 Å². The van der Waals surface area contributed by atoms with Crippen LogP contribution in [-0.4, -0.2) is 30.6 Å². The zero-order valence-corrected chi connectivity index (χ0v) is 9.40. The van der Waals surface area contributed by atoms with Gasteiger partial charge in [0.05, 0.1) is 6.61 Å². The predicted molar refractivity (Wildman–Crippen MR) is 61.9 cm³/mol. The van der Waals surface area contributed by atoms with Gasteiger partial charge in [-0.25, -0.2) is 4.98 Å². The van der Waals surface area contributed by atoms with Gasteiger partial charge in [-0.05, 0) is 18.6 Å². The van der Waals surface area contributed by atoms with Gasteiger partial charge in [0.1, 0.15) is 23.9 Å². The Morgan fingerprint density at radius 2 is 2.25 bits per heavy atom. The molecule has 0 bridgehead atoms. The lowest BCUT2D eigenvalue weighted by Gasteiger charge is -2.09. The number of nitrogens with one attached hydrogen (secondary N) is 1. The van der Waals surface area contributed by atoms with Crippen LogP contribution in [0.4, 0.5) is 0 Å². The number of aromatic nitrogens is 1. The molecule has 0 aliphatic rings. The first-order valence-electron chi connectivity index (χ1n) is 5.25. The Labute approximate surface area is 95.1 Å². The topological polar surface area (TPSA) is 81.2 Å². The monoisotopic (exact) mass is 223 g/mol. The van der Waals surface area contributed by atoms with Crippen LogP contribution in [0, 0.1) is 5.41 Å². The van der Waals surface area contributed by atoms with E-state index in [4.69, 9.17) is 20.6 Å². The van der Waals surface area contributed by atoms with Gasteiger partial charge >= 0.3 is 0 Å². The number of nitrogen functional groups attached to an aromatic ring is 1. The zero-order valence-electron chi connectivity index (χ0n) is 9.40. The fraction of sp³-hybridized carbons (Fsp3) is 0.455. The number of hydrogen-bond donors (Lipinski definition) is 2. The van der Waals surface area contributed by atoms with Crippen molar-refractivity contribution in [3.05, 3.63) is 24.0 Å². The van der Waals surface area contributed by atoms with Crippen LogP contribution in [0.5, 0.6) is 5.75 Å². The molecule has 0 saturated heterocycles. The number of nitrogens with zero attached hydrogens (tertiary/aromatic N) is 1. The van der Waals surface area contributed by atoms with E-state index in [1.54, 1.807) is 18.3 Å². The Hall–Kier alpha value is -1.62. The maximum atomic E-state index is 7.33. The van der Waals surface area contributed by atoms with Crippen LogP contribution in [0.3, 0.4) is 0 Å². The van der Waals surface area contributed by atoms with E-state index in [2.05, 4.69) is 11.9 Å². The molecule has 0 spiro atoms. The van der Waals surface area contributed by atoms with Crippen LogP contribution < -0.4 is 10.5 Å². The molecular formula is C11H17N3O2. The van der Waals surface area contributed by atoms with Crippen molar-refractivity contribution < 1.29 is 9.47 Å². The quantitative estimate of drug-likeness (QED) is 0.413. The summed E-state index contributed by atoms with van der Waals surface area (Å²) in [5.41, 5.74) is 5.75. The van der Waals surface area contributed by atoms with E-state index in [0.717, 1.165) is 13.0 Å². The van der Waals surface area contributed by atoms with Crippen LogP contribution in [0.15, 0.2) is 18.3 Å². The standard InChI is InChI=1S/C11H17N3O2/c1-2-6-15-7-8-16-9-4-3-5-14-10(9)11(12)13/h3-5H,2,6-8H2,1H3,(H3,12,13). The van der Waals surface area contributed by atoms with Crippen molar-refractivity contribution >= 4 is 5.84 Å². The summed E-state index contributed by atoms with van der Waals surface area (Å²) in [5.74, 6) is 0.431. The number of amidine groups is 1. The SMILES string of the molecule is CCCOCCOc1cccnc1C(=N)N. The molecule has 3 N–H and O–H groups in total. The highest BCUT2D eigenvalue weighted by Crippen LogP contribution is 2.13. The highest BCUT2D eigenvalue weighted by Gasteiger charge is 2.06. The number of hydrogen-bond acceptors (Lipinski definition) is 4. The van der Waals surface area contributed by atoms with Crippen LogP contribution in [0.2, 0.25) is 0 Å².